The van der Waals surface area contributed by atoms with Gasteiger partial charge >= 0.3 is 5.69 Å². The van der Waals surface area contributed by atoms with Crippen molar-refractivity contribution in [2.24, 2.45) is 0 Å². The molecular weight excluding hydrogens is 366 g/mol. The Morgan fingerprint density at radius 1 is 1.30 bits per heavy atom. The first-order valence-electron chi connectivity index (χ1n) is 9.38. The van der Waals surface area contributed by atoms with Crippen LogP contribution in [0.2, 0.25) is 0 Å². The smallest absolute Gasteiger partial charge is 0.328 e. The maximum atomic E-state index is 12.4. The molecule has 0 radical (unpaired) electrons. The molecule has 0 bridgehead atoms. The van der Waals surface area contributed by atoms with Gasteiger partial charge in [0.05, 0.1) is 10.9 Å². The first kappa shape index (κ1) is 19.5. The second kappa shape index (κ2) is 8.65. The summed E-state index contributed by atoms with van der Waals surface area (Å²) in [5.74, 6) is 0.512. The number of rotatable bonds is 6. The number of aromatic amines is 1. The summed E-state index contributed by atoms with van der Waals surface area (Å²) in [6.45, 7) is 2.11. The van der Waals surface area contributed by atoms with Gasteiger partial charge in [0.2, 0.25) is 5.91 Å². The molecule has 27 heavy (non-hydrogen) atoms. The van der Waals surface area contributed by atoms with Gasteiger partial charge in [0.1, 0.15) is 0 Å². The molecule has 7 nitrogen and oxygen atoms in total. The molecule has 1 aliphatic carbocycles. The number of fused-ring (bicyclic) bond motifs is 1. The molecule has 146 valence electrons. The quantitative estimate of drug-likeness (QED) is 0.774. The standard InChI is InChI=1S/C19H25N3O4S/c1-2-27(26)14-7-5-6-13(12-14)20-17(23)10-11-22-16-9-4-3-8-15(16)18(24)21-19(22)25/h3-4,8-9,13-14H,2,5-7,10-12H2,1H3,(H,20,23)(H,21,24,25)/t13-,14+,27+/m0/s1. The molecule has 0 aliphatic heterocycles. The number of aryl methyl sites for hydroxylation is 1. The summed E-state index contributed by atoms with van der Waals surface area (Å²) < 4.78 is 13.5. The van der Waals surface area contributed by atoms with Gasteiger partial charge in [-0.2, -0.15) is 0 Å². The van der Waals surface area contributed by atoms with Crippen molar-refractivity contribution in [2.45, 2.75) is 56.9 Å². The summed E-state index contributed by atoms with van der Waals surface area (Å²) in [6, 6.07) is 6.89. The van der Waals surface area contributed by atoms with Crippen molar-refractivity contribution in [1.29, 1.82) is 0 Å². The molecule has 3 rings (SSSR count). The van der Waals surface area contributed by atoms with Crippen LogP contribution in [0.4, 0.5) is 0 Å². The number of carbonyl (C=O) groups is 1. The molecule has 1 aliphatic rings. The van der Waals surface area contributed by atoms with E-state index < -0.39 is 22.0 Å². The minimum absolute atomic E-state index is 0.0378. The number of benzene rings is 1. The number of para-hydroxylation sites is 1. The number of aromatic nitrogens is 2. The average molecular weight is 391 g/mol. The minimum atomic E-state index is -0.834. The number of carbonyl (C=O) groups excluding carboxylic acids is 1. The fourth-order valence-corrected chi connectivity index (χ4v) is 5.08. The first-order valence-corrected chi connectivity index (χ1v) is 10.8. The maximum absolute atomic E-state index is 12.4. The van der Waals surface area contributed by atoms with Crippen LogP contribution in [0.25, 0.3) is 10.9 Å². The van der Waals surface area contributed by atoms with E-state index in [9.17, 15) is 18.6 Å². The average Bonchev–Trinajstić information content (AvgIpc) is 2.67. The molecule has 1 amide bonds. The van der Waals surface area contributed by atoms with Crippen molar-refractivity contribution < 1.29 is 9.00 Å². The highest BCUT2D eigenvalue weighted by Gasteiger charge is 2.26. The van der Waals surface area contributed by atoms with Crippen molar-refractivity contribution in [3.63, 3.8) is 0 Å². The third-order valence-corrected chi connectivity index (χ3v) is 6.86. The topological polar surface area (TPSA) is 101 Å². The lowest BCUT2D eigenvalue weighted by Gasteiger charge is -2.29. The van der Waals surface area contributed by atoms with Crippen LogP contribution in [0.5, 0.6) is 0 Å². The second-order valence-corrected chi connectivity index (χ2v) is 8.91. The molecule has 3 atom stereocenters. The molecule has 1 aromatic carbocycles. The van der Waals surface area contributed by atoms with Crippen molar-refractivity contribution >= 4 is 27.6 Å². The summed E-state index contributed by atoms with van der Waals surface area (Å²) in [4.78, 5) is 38.7. The predicted molar refractivity (Wildman–Crippen MR) is 106 cm³/mol. The molecule has 8 heteroatoms. The predicted octanol–water partition coefficient (Wildman–Crippen LogP) is 1.28. The zero-order chi connectivity index (χ0) is 19.4. The van der Waals surface area contributed by atoms with Crippen molar-refractivity contribution in [3.8, 4) is 0 Å². The van der Waals surface area contributed by atoms with E-state index in [1.807, 2.05) is 6.92 Å². The Kier molecular flexibility index (Phi) is 6.26. The zero-order valence-electron chi connectivity index (χ0n) is 15.4. The van der Waals surface area contributed by atoms with Crippen LogP contribution in [-0.4, -0.2) is 36.7 Å². The van der Waals surface area contributed by atoms with E-state index in [0.717, 1.165) is 25.7 Å². The Labute approximate surface area is 159 Å². The van der Waals surface area contributed by atoms with E-state index in [4.69, 9.17) is 0 Å². The fraction of sp³-hybridized carbons (Fsp3) is 0.526. The van der Waals surface area contributed by atoms with Crippen LogP contribution in [0.3, 0.4) is 0 Å². The van der Waals surface area contributed by atoms with E-state index in [1.54, 1.807) is 24.3 Å². The number of H-pyrrole nitrogens is 1. The zero-order valence-corrected chi connectivity index (χ0v) is 16.2. The Balaban J connectivity index is 1.65. The molecule has 1 heterocycles. The van der Waals surface area contributed by atoms with E-state index in [-0.39, 0.29) is 30.2 Å². The van der Waals surface area contributed by atoms with Crippen molar-refractivity contribution in [3.05, 3.63) is 45.1 Å². The highest BCUT2D eigenvalue weighted by atomic mass is 32.2. The minimum Gasteiger partial charge on any atom is -0.353 e. The molecular formula is C19H25N3O4S. The largest absolute Gasteiger partial charge is 0.353 e. The van der Waals surface area contributed by atoms with Gasteiger partial charge in [0.25, 0.3) is 5.56 Å². The van der Waals surface area contributed by atoms with Gasteiger partial charge in [-0.1, -0.05) is 25.5 Å². The number of amides is 1. The summed E-state index contributed by atoms with van der Waals surface area (Å²) in [5.41, 5.74) is -0.411. The van der Waals surface area contributed by atoms with Gasteiger partial charge in [0, 0.05) is 40.8 Å². The van der Waals surface area contributed by atoms with Crippen LogP contribution in [0.1, 0.15) is 39.0 Å². The Bertz CT molecular complexity index is 965. The van der Waals surface area contributed by atoms with Crippen LogP contribution >= 0.6 is 0 Å². The molecule has 1 saturated carbocycles. The van der Waals surface area contributed by atoms with E-state index in [1.165, 1.54) is 4.57 Å². The summed E-state index contributed by atoms with van der Waals surface area (Å²) in [6.07, 6.45) is 3.70. The Hall–Kier alpha value is -2.22. The van der Waals surface area contributed by atoms with E-state index in [0.29, 0.717) is 16.7 Å². The summed E-state index contributed by atoms with van der Waals surface area (Å²) in [5, 5.41) is 3.59. The van der Waals surface area contributed by atoms with Crippen LogP contribution in [-0.2, 0) is 22.1 Å². The number of nitrogens with one attached hydrogen (secondary N) is 2. The lowest BCUT2D eigenvalue weighted by Crippen LogP contribution is -2.41. The molecule has 0 saturated heterocycles. The number of hydrogen-bond acceptors (Lipinski definition) is 4. The molecule has 0 unspecified atom stereocenters. The lowest BCUT2D eigenvalue weighted by molar-refractivity contribution is -0.122. The highest BCUT2D eigenvalue weighted by Crippen LogP contribution is 2.23. The van der Waals surface area contributed by atoms with Crippen molar-refractivity contribution in [2.75, 3.05) is 5.75 Å². The molecule has 1 fully saturated rings. The van der Waals surface area contributed by atoms with E-state index in [2.05, 4.69) is 10.3 Å². The van der Waals surface area contributed by atoms with Gasteiger partial charge < -0.3 is 5.32 Å². The van der Waals surface area contributed by atoms with E-state index >= 15 is 0 Å². The second-order valence-electron chi connectivity index (χ2n) is 6.90. The van der Waals surface area contributed by atoms with Gasteiger partial charge in [0.15, 0.2) is 0 Å². The third kappa shape index (κ3) is 4.55. The Morgan fingerprint density at radius 2 is 2.07 bits per heavy atom. The fourth-order valence-electron chi connectivity index (χ4n) is 3.73. The lowest BCUT2D eigenvalue weighted by atomic mass is 9.95. The normalized spacial score (nSPS) is 21.1. The molecule has 2 aromatic rings. The summed E-state index contributed by atoms with van der Waals surface area (Å²) in [7, 11) is -0.834. The molecule has 2 N–H and O–H groups in total. The summed E-state index contributed by atoms with van der Waals surface area (Å²) >= 11 is 0. The first-order chi connectivity index (χ1) is 13.0. The number of hydrogen-bond donors (Lipinski definition) is 2. The SMILES string of the molecule is CC[S@@](=O)[C@@H]1CCC[C@H](NC(=O)CCn2c(=O)[nH]c(=O)c3ccccc32)C1. The molecule has 0 spiro atoms. The number of nitrogens with zero attached hydrogens (tertiary/aromatic N) is 1. The Morgan fingerprint density at radius 3 is 2.85 bits per heavy atom. The molecule has 1 aromatic heterocycles. The van der Waals surface area contributed by atoms with Crippen LogP contribution < -0.4 is 16.6 Å². The van der Waals surface area contributed by atoms with Gasteiger partial charge in [-0.25, -0.2) is 4.79 Å². The van der Waals surface area contributed by atoms with Gasteiger partial charge in [-0.3, -0.25) is 23.3 Å². The maximum Gasteiger partial charge on any atom is 0.328 e. The van der Waals surface area contributed by atoms with Gasteiger partial charge in [-0.05, 0) is 31.4 Å². The van der Waals surface area contributed by atoms with Crippen molar-refractivity contribution in [1.82, 2.24) is 14.9 Å². The van der Waals surface area contributed by atoms with Crippen LogP contribution in [0.15, 0.2) is 33.9 Å². The van der Waals surface area contributed by atoms with Gasteiger partial charge in [-0.15, -0.1) is 0 Å². The van der Waals surface area contributed by atoms with Crippen LogP contribution in [0, 0.1) is 0 Å². The third-order valence-electron chi connectivity index (χ3n) is 5.12. The highest BCUT2D eigenvalue weighted by molar-refractivity contribution is 7.85. The monoisotopic (exact) mass is 391 g/mol.